The molecule has 0 radical (unpaired) electrons. The van der Waals surface area contributed by atoms with Crippen LogP contribution in [0.5, 0.6) is 17.2 Å². The molecule has 0 amide bonds. The normalized spacial score (nSPS) is 31.4. The molecule has 6 atom stereocenters. The van der Waals surface area contributed by atoms with E-state index < -0.39 is 59.2 Å². The number of ether oxygens (including phenoxy) is 5. The second-order valence-corrected chi connectivity index (χ2v) is 12.8. The number of aliphatic hydroxyl groups is 1. The number of rotatable bonds is 2. The molecular weight excluding hydrogens is 596 g/mol. The highest BCUT2D eigenvalue weighted by molar-refractivity contribution is 8.00. The van der Waals surface area contributed by atoms with E-state index in [4.69, 9.17) is 23.7 Å². The molecule has 4 bridgehead atoms. The minimum Gasteiger partial charge on any atom is -0.492 e. The minimum atomic E-state index is -1.20. The molecule has 0 spiro atoms. The number of likely N-dealkylation sites (N-methyl/N-ethyl adjacent to an activating group) is 1. The van der Waals surface area contributed by atoms with E-state index in [0.717, 1.165) is 11.8 Å². The summed E-state index contributed by atoms with van der Waals surface area (Å²) in [7, 11) is 3.13. The first-order chi connectivity index (χ1) is 21.0. The van der Waals surface area contributed by atoms with Crippen molar-refractivity contribution in [3.8, 4) is 17.2 Å². The molecule has 5 heterocycles. The van der Waals surface area contributed by atoms with Gasteiger partial charge in [0.25, 0.3) is 0 Å². The lowest BCUT2D eigenvalue weighted by atomic mass is 9.70. The maximum absolute atomic E-state index is 14.1. The quantitative estimate of drug-likeness (QED) is 0.215. The van der Waals surface area contributed by atoms with Crippen LogP contribution >= 0.6 is 11.8 Å². The molecule has 2 unspecified atom stereocenters. The number of ketones is 3. The monoisotopic (exact) mass is 626 g/mol. The summed E-state index contributed by atoms with van der Waals surface area (Å²) in [5.41, 5.74) is 2.31. The lowest BCUT2D eigenvalue weighted by Gasteiger charge is -2.62. The van der Waals surface area contributed by atoms with E-state index in [1.807, 2.05) is 4.90 Å². The van der Waals surface area contributed by atoms with Gasteiger partial charge in [-0.1, -0.05) is 0 Å². The average molecular weight is 627 g/mol. The molecule has 1 aromatic carbocycles. The van der Waals surface area contributed by atoms with Gasteiger partial charge in [-0.3, -0.25) is 29.0 Å². The van der Waals surface area contributed by atoms with Crippen LogP contribution in [0.2, 0.25) is 0 Å². The molecule has 2 saturated heterocycles. The Morgan fingerprint density at radius 1 is 1.05 bits per heavy atom. The molecule has 1 N–H and O–H groups in total. The SMILES string of the molecule is COC1=C(C)C(=O)C2=C(C1=O)C1C3[C@@H]4SCC(=O)C(=O)OC[C@@H](c5c6c(c(C)c(OC(C)=O)c54)OCO6)N3[C@@H](O)[C@H](C2)N1C. The van der Waals surface area contributed by atoms with Crippen LogP contribution in [0.25, 0.3) is 0 Å². The number of fused-ring (bicyclic) bond motifs is 8. The van der Waals surface area contributed by atoms with Crippen LogP contribution in [0, 0.1) is 6.92 Å². The predicted octanol–water partition coefficient (Wildman–Crippen LogP) is 1.05. The number of hydrogen-bond acceptors (Lipinski definition) is 14. The molecule has 0 aromatic heterocycles. The molecule has 44 heavy (non-hydrogen) atoms. The zero-order valence-corrected chi connectivity index (χ0v) is 25.4. The Bertz CT molecular complexity index is 1650. The lowest BCUT2D eigenvalue weighted by molar-refractivity contribution is -0.179. The van der Waals surface area contributed by atoms with Gasteiger partial charge in [-0.15, -0.1) is 11.8 Å². The molecule has 5 aliphatic heterocycles. The number of benzene rings is 1. The van der Waals surface area contributed by atoms with Crippen molar-refractivity contribution in [2.24, 2.45) is 0 Å². The van der Waals surface area contributed by atoms with Crippen LogP contribution < -0.4 is 14.2 Å². The van der Waals surface area contributed by atoms with E-state index in [0.29, 0.717) is 33.8 Å². The van der Waals surface area contributed by atoms with Crippen molar-refractivity contribution in [2.45, 2.75) is 62.8 Å². The van der Waals surface area contributed by atoms with Crippen LogP contribution in [0.15, 0.2) is 22.5 Å². The molecule has 1 aromatic rings. The van der Waals surface area contributed by atoms with Gasteiger partial charge in [0.2, 0.25) is 18.4 Å². The molecule has 0 saturated carbocycles. The number of thioether (sulfide) groups is 1. The number of allylic oxidation sites excluding steroid dienone is 2. The summed E-state index contributed by atoms with van der Waals surface area (Å²) < 4.78 is 28.5. The Morgan fingerprint density at radius 3 is 2.48 bits per heavy atom. The predicted molar refractivity (Wildman–Crippen MR) is 151 cm³/mol. The summed E-state index contributed by atoms with van der Waals surface area (Å²) >= 11 is 1.11. The van der Waals surface area contributed by atoms with E-state index in [1.165, 1.54) is 14.0 Å². The van der Waals surface area contributed by atoms with E-state index in [2.05, 4.69) is 0 Å². The highest BCUT2D eigenvalue weighted by Gasteiger charge is 2.62. The van der Waals surface area contributed by atoms with Gasteiger partial charge in [-0.2, -0.15) is 0 Å². The number of esters is 2. The van der Waals surface area contributed by atoms with Crippen molar-refractivity contribution in [3.05, 3.63) is 39.2 Å². The first-order valence-corrected chi connectivity index (χ1v) is 15.2. The Morgan fingerprint density at radius 2 is 1.77 bits per heavy atom. The fourth-order valence-electron chi connectivity index (χ4n) is 7.71. The van der Waals surface area contributed by atoms with E-state index in [9.17, 15) is 29.1 Å². The number of hydrogen-bond donors (Lipinski definition) is 1. The first-order valence-electron chi connectivity index (χ1n) is 14.2. The van der Waals surface area contributed by atoms with Gasteiger partial charge in [0.15, 0.2) is 23.0 Å². The number of piperazine rings is 1. The fraction of sp³-hybridized carbons (Fsp3) is 0.500. The standard InChI is InChI=1S/C30H30N2O11S/c1-10-22(35)13-6-14-29(37)32-15-7-40-30(38)16(34)8-44-28(21(32)20(31(14)4)17(13)23(36)25(10)39-5)19-18(15)27-26(41-9-42-27)11(2)24(19)43-12(3)33/h14-15,20-21,28-29,37H,6-9H2,1-5H3/t14-,15-,20?,21?,28+,29-/m0/s1. The molecule has 13 nitrogen and oxygen atoms in total. The van der Waals surface area contributed by atoms with Crippen LogP contribution in [-0.2, 0) is 33.4 Å². The zero-order valence-electron chi connectivity index (χ0n) is 24.6. The highest BCUT2D eigenvalue weighted by atomic mass is 32.2. The number of nitrogens with zero attached hydrogens (tertiary/aromatic N) is 2. The topological polar surface area (TPSA) is 158 Å². The largest absolute Gasteiger partial charge is 0.492 e. The first kappa shape index (κ1) is 29.0. The van der Waals surface area contributed by atoms with Crippen LogP contribution in [0.3, 0.4) is 0 Å². The van der Waals surface area contributed by atoms with E-state index in [1.54, 1.807) is 25.8 Å². The third-order valence-electron chi connectivity index (χ3n) is 9.52. The van der Waals surface area contributed by atoms with Gasteiger partial charge >= 0.3 is 11.9 Å². The van der Waals surface area contributed by atoms with Gasteiger partial charge in [0.05, 0.1) is 36.2 Å². The summed E-state index contributed by atoms with van der Waals surface area (Å²) in [5, 5.41) is 11.4. The summed E-state index contributed by atoms with van der Waals surface area (Å²) in [5.74, 6) is -2.48. The zero-order chi connectivity index (χ0) is 31.4. The van der Waals surface area contributed by atoms with Crippen molar-refractivity contribution < 1.29 is 52.8 Å². The van der Waals surface area contributed by atoms with Crippen molar-refractivity contribution in [1.29, 1.82) is 0 Å². The lowest BCUT2D eigenvalue weighted by Crippen LogP contribution is -2.73. The van der Waals surface area contributed by atoms with Crippen LogP contribution in [0.4, 0.5) is 0 Å². The maximum atomic E-state index is 14.1. The smallest absolute Gasteiger partial charge is 0.375 e. The van der Waals surface area contributed by atoms with Gasteiger partial charge in [-0.05, 0) is 27.3 Å². The fourth-order valence-corrected chi connectivity index (χ4v) is 9.05. The number of aliphatic hydroxyl groups excluding tert-OH is 1. The van der Waals surface area contributed by atoms with Crippen LogP contribution in [-0.4, -0.2) is 102 Å². The van der Waals surface area contributed by atoms with Gasteiger partial charge in [0.1, 0.15) is 18.6 Å². The second-order valence-electron chi connectivity index (χ2n) is 11.7. The van der Waals surface area contributed by atoms with Crippen molar-refractivity contribution >= 4 is 41.1 Å². The Hall–Kier alpha value is -3.72. The number of cyclic esters (lactones) is 1. The molecule has 232 valence electrons. The number of carbonyl (C=O) groups excluding carboxylic acids is 5. The molecule has 1 aliphatic carbocycles. The summed E-state index contributed by atoms with van der Waals surface area (Å²) in [6, 6.07) is -3.01. The summed E-state index contributed by atoms with van der Waals surface area (Å²) in [4.78, 5) is 69.4. The Kier molecular flexibility index (Phi) is 6.70. The average Bonchev–Trinajstić information content (AvgIpc) is 3.48. The third-order valence-corrected chi connectivity index (χ3v) is 10.8. The second kappa shape index (κ2) is 10.2. The molecule has 7 rings (SSSR count). The van der Waals surface area contributed by atoms with Crippen molar-refractivity contribution in [3.63, 3.8) is 0 Å². The van der Waals surface area contributed by atoms with Crippen molar-refractivity contribution in [2.75, 3.05) is 33.3 Å². The summed E-state index contributed by atoms with van der Waals surface area (Å²) in [6.07, 6.45) is -1.09. The molecule has 2 fully saturated rings. The number of methoxy groups -OCH3 is 1. The van der Waals surface area contributed by atoms with Gasteiger partial charge in [0, 0.05) is 46.4 Å². The third kappa shape index (κ3) is 3.80. The molecule has 14 heteroatoms. The molecule has 6 aliphatic rings. The van der Waals surface area contributed by atoms with Gasteiger partial charge in [-0.25, -0.2) is 4.79 Å². The highest BCUT2D eigenvalue weighted by Crippen LogP contribution is 2.61. The number of Topliss-reactive ketones (excluding diaryl/α,β-unsaturated/α-hetero) is 3. The van der Waals surface area contributed by atoms with E-state index >= 15 is 0 Å². The maximum Gasteiger partial charge on any atom is 0.375 e. The van der Waals surface area contributed by atoms with Crippen LogP contribution in [0.1, 0.15) is 48.3 Å². The number of carbonyl (C=O) groups is 5. The van der Waals surface area contributed by atoms with Crippen molar-refractivity contribution in [1.82, 2.24) is 9.80 Å². The van der Waals surface area contributed by atoms with E-state index in [-0.39, 0.29) is 54.0 Å². The Balaban J connectivity index is 1.53. The van der Waals surface area contributed by atoms with Gasteiger partial charge < -0.3 is 28.8 Å². The minimum absolute atomic E-state index is 0.0414. The molecular formula is C30H30N2O11S. The Labute approximate surface area is 256 Å². The summed E-state index contributed by atoms with van der Waals surface area (Å²) in [6.45, 7) is 4.10.